The van der Waals surface area contributed by atoms with Crippen molar-refractivity contribution in [1.29, 1.82) is 0 Å². The Hall–Kier alpha value is -1.10. The molecule has 0 bridgehead atoms. The molecule has 1 aliphatic heterocycles. The van der Waals surface area contributed by atoms with Gasteiger partial charge in [-0.25, -0.2) is 0 Å². The van der Waals surface area contributed by atoms with Crippen molar-refractivity contribution in [2.75, 3.05) is 13.1 Å². The highest BCUT2D eigenvalue weighted by molar-refractivity contribution is 5.81. The number of carbonyl (C=O) groups is 2. The summed E-state index contributed by atoms with van der Waals surface area (Å²) >= 11 is 0. The fraction of sp³-hybridized carbons (Fsp3) is 0.800. The van der Waals surface area contributed by atoms with E-state index in [1.54, 1.807) is 0 Å². The van der Waals surface area contributed by atoms with Crippen LogP contribution in [-0.4, -0.2) is 36.1 Å². The molecular formula is C10H18N2O3. The maximum atomic E-state index is 11.5. The second-order valence-corrected chi connectivity index (χ2v) is 3.79. The van der Waals surface area contributed by atoms with E-state index in [1.807, 2.05) is 0 Å². The molecule has 1 rings (SSSR count). The summed E-state index contributed by atoms with van der Waals surface area (Å²) in [5, 5.41) is 14.3. The summed E-state index contributed by atoms with van der Waals surface area (Å²) in [7, 11) is 0. The number of carboxylic acids is 1. The van der Waals surface area contributed by atoms with Crippen LogP contribution in [0, 0.1) is 0 Å². The van der Waals surface area contributed by atoms with E-state index in [-0.39, 0.29) is 18.4 Å². The third kappa shape index (κ3) is 4.78. The van der Waals surface area contributed by atoms with Gasteiger partial charge < -0.3 is 15.7 Å². The van der Waals surface area contributed by atoms with Crippen LogP contribution in [0.4, 0.5) is 0 Å². The van der Waals surface area contributed by atoms with Gasteiger partial charge in [-0.05, 0) is 25.8 Å². The van der Waals surface area contributed by atoms with Crippen molar-refractivity contribution >= 4 is 11.9 Å². The van der Waals surface area contributed by atoms with Gasteiger partial charge in [-0.15, -0.1) is 0 Å². The topological polar surface area (TPSA) is 78.4 Å². The van der Waals surface area contributed by atoms with Crippen LogP contribution in [-0.2, 0) is 9.59 Å². The molecule has 0 aliphatic carbocycles. The van der Waals surface area contributed by atoms with Crippen molar-refractivity contribution in [1.82, 2.24) is 10.6 Å². The number of carboxylic acid groups (broad SMARTS) is 1. The first-order valence-corrected chi connectivity index (χ1v) is 5.43. The summed E-state index contributed by atoms with van der Waals surface area (Å²) in [5.41, 5.74) is 0. The van der Waals surface area contributed by atoms with Crippen molar-refractivity contribution in [3.8, 4) is 0 Å². The standard InChI is InChI=1S/C10H18N2O3/c13-9(14)5-3-7-12-10(15)8-4-1-2-6-11-8/h8,11H,1-7H2,(H,12,15)(H,13,14)/t8-/m1/s1. The Kier molecular flexibility index (Phi) is 5.10. The smallest absolute Gasteiger partial charge is 0.303 e. The second-order valence-electron chi connectivity index (χ2n) is 3.79. The average Bonchev–Trinajstić information content (AvgIpc) is 2.25. The molecule has 0 unspecified atom stereocenters. The summed E-state index contributed by atoms with van der Waals surface area (Å²) in [5.74, 6) is -0.819. The molecule has 0 saturated carbocycles. The molecule has 1 heterocycles. The lowest BCUT2D eigenvalue weighted by Gasteiger charge is -2.22. The summed E-state index contributed by atoms with van der Waals surface area (Å²) < 4.78 is 0. The van der Waals surface area contributed by atoms with Crippen LogP contribution in [0.1, 0.15) is 32.1 Å². The zero-order valence-corrected chi connectivity index (χ0v) is 8.79. The predicted octanol–water partition coefficient (Wildman–Crippen LogP) is 0.109. The van der Waals surface area contributed by atoms with Crippen LogP contribution in [0.15, 0.2) is 0 Å². The number of hydrogen-bond acceptors (Lipinski definition) is 3. The van der Waals surface area contributed by atoms with Crippen molar-refractivity contribution in [3.63, 3.8) is 0 Å². The molecule has 1 aliphatic rings. The molecule has 0 aromatic heterocycles. The zero-order valence-electron chi connectivity index (χ0n) is 8.79. The van der Waals surface area contributed by atoms with Gasteiger partial charge in [0.15, 0.2) is 0 Å². The Labute approximate surface area is 89.2 Å². The van der Waals surface area contributed by atoms with E-state index in [0.717, 1.165) is 25.8 Å². The summed E-state index contributed by atoms with van der Waals surface area (Å²) in [6, 6.07) is -0.0800. The Morgan fingerprint density at radius 2 is 2.20 bits per heavy atom. The molecular weight excluding hydrogens is 196 g/mol. The Morgan fingerprint density at radius 1 is 1.40 bits per heavy atom. The van der Waals surface area contributed by atoms with Crippen molar-refractivity contribution in [3.05, 3.63) is 0 Å². The number of nitrogens with one attached hydrogen (secondary N) is 2. The van der Waals surface area contributed by atoms with E-state index in [9.17, 15) is 9.59 Å². The molecule has 0 aromatic rings. The number of hydrogen-bond donors (Lipinski definition) is 3. The van der Waals surface area contributed by atoms with Crippen LogP contribution in [0.2, 0.25) is 0 Å². The number of rotatable bonds is 5. The molecule has 0 spiro atoms. The van der Waals surface area contributed by atoms with Gasteiger partial charge in [-0.2, -0.15) is 0 Å². The molecule has 15 heavy (non-hydrogen) atoms. The van der Waals surface area contributed by atoms with E-state index in [1.165, 1.54) is 0 Å². The molecule has 5 heteroatoms. The van der Waals surface area contributed by atoms with Crippen LogP contribution in [0.5, 0.6) is 0 Å². The van der Waals surface area contributed by atoms with E-state index >= 15 is 0 Å². The third-order valence-corrected chi connectivity index (χ3v) is 2.49. The van der Waals surface area contributed by atoms with Gasteiger partial charge in [0, 0.05) is 13.0 Å². The number of aliphatic carboxylic acids is 1. The van der Waals surface area contributed by atoms with E-state index in [2.05, 4.69) is 10.6 Å². The fourth-order valence-corrected chi connectivity index (χ4v) is 1.65. The molecule has 1 saturated heterocycles. The third-order valence-electron chi connectivity index (χ3n) is 2.49. The SMILES string of the molecule is O=C(O)CCCNC(=O)[C@H]1CCCCN1. The summed E-state index contributed by atoms with van der Waals surface area (Å²) in [4.78, 5) is 21.7. The van der Waals surface area contributed by atoms with Crippen molar-refractivity contribution < 1.29 is 14.7 Å². The highest BCUT2D eigenvalue weighted by Gasteiger charge is 2.19. The maximum absolute atomic E-state index is 11.5. The largest absolute Gasteiger partial charge is 0.481 e. The summed E-state index contributed by atoms with van der Waals surface area (Å²) in [6.45, 7) is 1.34. The molecule has 3 N–H and O–H groups in total. The second kappa shape index (κ2) is 6.40. The lowest BCUT2D eigenvalue weighted by molar-refractivity contribution is -0.137. The first-order valence-electron chi connectivity index (χ1n) is 5.43. The average molecular weight is 214 g/mol. The van der Waals surface area contributed by atoms with Crippen LogP contribution in [0.25, 0.3) is 0 Å². The predicted molar refractivity (Wildman–Crippen MR) is 55.5 cm³/mol. The van der Waals surface area contributed by atoms with Crippen LogP contribution < -0.4 is 10.6 Å². The lowest BCUT2D eigenvalue weighted by atomic mass is 10.0. The van der Waals surface area contributed by atoms with Crippen molar-refractivity contribution in [2.45, 2.75) is 38.1 Å². The Bertz CT molecular complexity index is 225. The maximum Gasteiger partial charge on any atom is 0.303 e. The molecule has 0 radical (unpaired) electrons. The molecule has 1 fully saturated rings. The van der Waals surface area contributed by atoms with Crippen molar-refractivity contribution in [2.24, 2.45) is 0 Å². The minimum atomic E-state index is -0.819. The minimum absolute atomic E-state index is 0.0000822. The molecule has 5 nitrogen and oxygen atoms in total. The molecule has 1 atom stereocenters. The van der Waals surface area contributed by atoms with E-state index in [4.69, 9.17) is 5.11 Å². The molecule has 0 aromatic carbocycles. The quantitative estimate of drug-likeness (QED) is 0.568. The van der Waals surface area contributed by atoms with Gasteiger partial charge in [0.2, 0.25) is 5.91 Å². The highest BCUT2D eigenvalue weighted by atomic mass is 16.4. The highest BCUT2D eigenvalue weighted by Crippen LogP contribution is 2.06. The molecule has 1 amide bonds. The Morgan fingerprint density at radius 3 is 2.80 bits per heavy atom. The van der Waals surface area contributed by atoms with Gasteiger partial charge in [0.25, 0.3) is 0 Å². The Balaban J connectivity index is 2.09. The lowest BCUT2D eigenvalue weighted by Crippen LogP contribution is -2.46. The van der Waals surface area contributed by atoms with E-state index < -0.39 is 5.97 Å². The van der Waals surface area contributed by atoms with Gasteiger partial charge in [-0.1, -0.05) is 6.42 Å². The fourth-order valence-electron chi connectivity index (χ4n) is 1.65. The van der Waals surface area contributed by atoms with Crippen LogP contribution >= 0.6 is 0 Å². The minimum Gasteiger partial charge on any atom is -0.481 e. The van der Waals surface area contributed by atoms with Gasteiger partial charge in [0.05, 0.1) is 6.04 Å². The zero-order chi connectivity index (χ0) is 11.1. The van der Waals surface area contributed by atoms with Gasteiger partial charge in [0.1, 0.15) is 0 Å². The van der Waals surface area contributed by atoms with Crippen LogP contribution in [0.3, 0.4) is 0 Å². The number of amides is 1. The van der Waals surface area contributed by atoms with Gasteiger partial charge >= 0.3 is 5.97 Å². The first-order chi connectivity index (χ1) is 7.20. The van der Waals surface area contributed by atoms with E-state index in [0.29, 0.717) is 13.0 Å². The number of piperidine rings is 1. The summed E-state index contributed by atoms with van der Waals surface area (Å²) in [6.07, 6.45) is 3.69. The number of carbonyl (C=O) groups excluding carboxylic acids is 1. The molecule has 86 valence electrons. The normalized spacial score (nSPS) is 20.9. The monoisotopic (exact) mass is 214 g/mol. The van der Waals surface area contributed by atoms with Gasteiger partial charge in [-0.3, -0.25) is 9.59 Å². The first kappa shape index (κ1) is 12.0.